The van der Waals surface area contributed by atoms with E-state index in [1.165, 1.54) is 10.5 Å². The zero-order valence-corrected chi connectivity index (χ0v) is 20.4. The van der Waals surface area contributed by atoms with Crippen molar-refractivity contribution >= 4 is 17.8 Å². The minimum Gasteiger partial charge on any atom is -0.480 e. The molecule has 182 valence electrons. The summed E-state index contributed by atoms with van der Waals surface area (Å²) in [7, 11) is 0. The van der Waals surface area contributed by atoms with Gasteiger partial charge < -0.3 is 14.9 Å². The first-order valence-electron chi connectivity index (χ1n) is 12.1. The fourth-order valence-corrected chi connectivity index (χ4v) is 4.55. The third-order valence-electron chi connectivity index (χ3n) is 6.57. The highest BCUT2D eigenvalue weighted by Crippen LogP contribution is 2.24. The van der Waals surface area contributed by atoms with Gasteiger partial charge in [-0.15, -0.1) is 0 Å². The van der Waals surface area contributed by atoms with Crippen LogP contribution in [0.4, 0.5) is 5.95 Å². The number of aliphatic carboxylic acids is 1. The van der Waals surface area contributed by atoms with Crippen LogP contribution in [0.1, 0.15) is 45.6 Å². The predicted molar refractivity (Wildman–Crippen MR) is 135 cm³/mol. The lowest BCUT2D eigenvalue weighted by molar-refractivity contribution is -0.137. The molecule has 0 radical (unpaired) electrons. The summed E-state index contributed by atoms with van der Waals surface area (Å²) in [5, 5.41) is 9.37. The Bertz CT molecular complexity index is 1160. The number of aryl methyl sites for hydroxylation is 2. The molecule has 0 saturated carbocycles. The third kappa shape index (κ3) is 6.44. The van der Waals surface area contributed by atoms with Crippen molar-refractivity contribution in [1.82, 2.24) is 14.9 Å². The van der Waals surface area contributed by atoms with Crippen molar-refractivity contribution in [3.8, 4) is 0 Å². The SMILES string of the molecule is Cc1ccc(CN(CC(=O)O)C(=O)c2cnc(N3CCC(Cc4ccccc4)CC3)nc2C)cc1. The molecule has 0 aliphatic carbocycles. The van der Waals surface area contributed by atoms with E-state index in [1.807, 2.05) is 37.3 Å². The van der Waals surface area contributed by atoms with Crippen LogP contribution in [0.3, 0.4) is 0 Å². The summed E-state index contributed by atoms with van der Waals surface area (Å²) in [6.45, 7) is 5.35. The summed E-state index contributed by atoms with van der Waals surface area (Å²) >= 11 is 0. The molecule has 1 N–H and O–H groups in total. The molecule has 3 aromatic rings. The molecule has 35 heavy (non-hydrogen) atoms. The van der Waals surface area contributed by atoms with Crippen molar-refractivity contribution < 1.29 is 14.7 Å². The third-order valence-corrected chi connectivity index (χ3v) is 6.57. The van der Waals surface area contributed by atoms with E-state index in [0.717, 1.165) is 43.5 Å². The average molecular weight is 473 g/mol. The van der Waals surface area contributed by atoms with Gasteiger partial charge in [-0.2, -0.15) is 0 Å². The Hall–Kier alpha value is -3.74. The second-order valence-electron chi connectivity index (χ2n) is 9.33. The number of aromatic nitrogens is 2. The number of rotatable bonds is 8. The van der Waals surface area contributed by atoms with Gasteiger partial charge in [-0.1, -0.05) is 60.2 Å². The van der Waals surface area contributed by atoms with Gasteiger partial charge in [-0.05, 0) is 50.2 Å². The van der Waals surface area contributed by atoms with Gasteiger partial charge in [0.25, 0.3) is 5.91 Å². The maximum absolute atomic E-state index is 13.2. The van der Waals surface area contributed by atoms with E-state index >= 15 is 0 Å². The highest BCUT2D eigenvalue weighted by molar-refractivity contribution is 5.96. The first kappa shape index (κ1) is 24.4. The molecule has 2 aromatic carbocycles. The van der Waals surface area contributed by atoms with Gasteiger partial charge in [0.1, 0.15) is 6.54 Å². The van der Waals surface area contributed by atoms with E-state index in [2.05, 4.69) is 39.1 Å². The van der Waals surface area contributed by atoms with Crippen LogP contribution in [0.5, 0.6) is 0 Å². The van der Waals surface area contributed by atoms with E-state index in [9.17, 15) is 14.7 Å². The Morgan fingerprint density at radius 1 is 1.00 bits per heavy atom. The molecule has 1 aliphatic heterocycles. The summed E-state index contributed by atoms with van der Waals surface area (Å²) in [6, 6.07) is 18.3. The monoisotopic (exact) mass is 472 g/mol. The number of nitrogens with zero attached hydrogens (tertiary/aromatic N) is 4. The molecule has 1 saturated heterocycles. The first-order chi connectivity index (χ1) is 16.9. The van der Waals surface area contributed by atoms with Crippen LogP contribution in [-0.2, 0) is 17.8 Å². The number of carbonyl (C=O) groups is 2. The number of piperidine rings is 1. The maximum atomic E-state index is 13.2. The van der Waals surface area contributed by atoms with Crippen molar-refractivity contribution in [3.63, 3.8) is 0 Å². The lowest BCUT2D eigenvalue weighted by atomic mass is 9.90. The lowest BCUT2D eigenvalue weighted by Gasteiger charge is -2.32. The van der Waals surface area contributed by atoms with Gasteiger partial charge in [0, 0.05) is 25.8 Å². The Morgan fingerprint density at radius 3 is 2.31 bits per heavy atom. The Morgan fingerprint density at radius 2 is 1.69 bits per heavy atom. The maximum Gasteiger partial charge on any atom is 0.323 e. The number of anilines is 1. The van der Waals surface area contributed by atoms with Crippen LogP contribution in [0.15, 0.2) is 60.8 Å². The topological polar surface area (TPSA) is 86.6 Å². The van der Waals surface area contributed by atoms with Gasteiger partial charge in [0.2, 0.25) is 5.95 Å². The normalized spacial score (nSPS) is 14.1. The zero-order valence-electron chi connectivity index (χ0n) is 20.4. The molecule has 0 atom stereocenters. The van der Waals surface area contributed by atoms with E-state index in [1.54, 1.807) is 13.1 Å². The summed E-state index contributed by atoms with van der Waals surface area (Å²) < 4.78 is 0. The zero-order chi connectivity index (χ0) is 24.8. The molecule has 1 amide bonds. The summed E-state index contributed by atoms with van der Waals surface area (Å²) in [6.07, 6.45) is 4.77. The lowest BCUT2D eigenvalue weighted by Crippen LogP contribution is -2.37. The molecule has 1 fully saturated rings. The molecule has 2 heterocycles. The summed E-state index contributed by atoms with van der Waals surface area (Å²) in [5.41, 5.74) is 4.25. The van der Waals surface area contributed by atoms with Crippen LogP contribution in [0, 0.1) is 19.8 Å². The quantitative estimate of drug-likeness (QED) is 0.527. The van der Waals surface area contributed by atoms with Crippen LogP contribution in [0.25, 0.3) is 0 Å². The number of carbonyl (C=O) groups excluding carboxylic acids is 1. The molecule has 0 spiro atoms. The molecular formula is C28H32N4O3. The number of amides is 1. The van der Waals surface area contributed by atoms with Crippen molar-refractivity contribution in [3.05, 3.63) is 88.7 Å². The highest BCUT2D eigenvalue weighted by Gasteiger charge is 2.25. The molecule has 4 rings (SSSR count). The molecule has 7 heteroatoms. The molecule has 1 aliphatic rings. The fraction of sp³-hybridized carbons (Fsp3) is 0.357. The van der Waals surface area contributed by atoms with Crippen LogP contribution in [0.2, 0.25) is 0 Å². The van der Waals surface area contributed by atoms with E-state index in [-0.39, 0.29) is 19.0 Å². The largest absolute Gasteiger partial charge is 0.480 e. The smallest absolute Gasteiger partial charge is 0.323 e. The standard InChI is InChI=1S/C28H32N4O3/c1-20-8-10-24(11-9-20)18-32(19-26(33)34)27(35)25-17-29-28(30-21(25)2)31-14-12-23(13-15-31)16-22-6-4-3-5-7-22/h3-11,17,23H,12-16,18-19H2,1-2H3,(H,33,34). The Balaban J connectivity index is 1.42. The molecular weight excluding hydrogens is 440 g/mol. The molecule has 0 bridgehead atoms. The number of benzene rings is 2. The van der Waals surface area contributed by atoms with Crippen molar-refractivity contribution in [1.29, 1.82) is 0 Å². The number of carboxylic acid groups (broad SMARTS) is 1. The van der Waals surface area contributed by atoms with Gasteiger partial charge in [0.15, 0.2) is 0 Å². The second kappa shape index (κ2) is 11.1. The van der Waals surface area contributed by atoms with Gasteiger partial charge in [0.05, 0.1) is 11.3 Å². The minimum absolute atomic E-state index is 0.210. The summed E-state index contributed by atoms with van der Waals surface area (Å²) in [5.74, 6) is -0.167. The Kier molecular flexibility index (Phi) is 7.75. The van der Waals surface area contributed by atoms with Gasteiger partial charge in [-0.25, -0.2) is 9.97 Å². The van der Waals surface area contributed by atoms with Crippen LogP contribution >= 0.6 is 0 Å². The fourth-order valence-electron chi connectivity index (χ4n) is 4.55. The van der Waals surface area contributed by atoms with Crippen LogP contribution in [-0.4, -0.2) is 51.5 Å². The summed E-state index contributed by atoms with van der Waals surface area (Å²) in [4.78, 5) is 37.3. The first-order valence-corrected chi connectivity index (χ1v) is 12.1. The van der Waals surface area contributed by atoms with Crippen molar-refractivity contribution in [2.45, 2.75) is 39.7 Å². The van der Waals surface area contributed by atoms with Crippen LogP contribution < -0.4 is 4.90 Å². The van der Waals surface area contributed by atoms with Crippen molar-refractivity contribution in [2.24, 2.45) is 5.92 Å². The highest BCUT2D eigenvalue weighted by atomic mass is 16.4. The van der Waals surface area contributed by atoms with Gasteiger partial charge >= 0.3 is 5.97 Å². The number of hydrogen-bond acceptors (Lipinski definition) is 5. The van der Waals surface area contributed by atoms with Gasteiger partial charge in [-0.3, -0.25) is 9.59 Å². The Labute approximate surface area is 206 Å². The minimum atomic E-state index is -1.06. The average Bonchev–Trinajstić information content (AvgIpc) is 2.85. The second-order valence-corrected chi connectivity index (χ2v) is 9.33. The number of hydrogen-bond donors (Lipinski definition) is 1. The predicted octanol–water partition coefficient (Wildman–Crippen LogP) is 4.28. The van der Waals surface area contributed by atoms with E-state index < -0.39 is 5.97 Å². The van der Waals surface area contributed by atoms with Crippen molar-refractivity contribution in [2.75, 3.05) is 24.5 Å². The number of carboxylic acids is 1. The molecule has 7 nitrogen and oxygen atoms in total. The van der Waals surface area contributed by atoms with E-state index in [0.29, 0.717) is 23.1 Å². The van der Waals surface area contributed by atoms with E-state index in [4.69, 9.17) is 0 Å². The molecule has 1 aromatic heterocycles. The molecule has 0 unspecified atom stereocenters.